The summed E-state index contributed by atoms with van der Waals surface area (Å²) in [7, 11) is 0. The molecule has 3 heteroatoms. The Bertz CT molecular complexity index is 586. The lowest BCUT2D eigenvalue weighted by Crippen LogP contribution is -2.12. The molecule has 1 heterocycles. The zero-order valence-corrected chi connectivity index (χ0v) is 11.9. The number of benzene rings is 1. The number of anilines is 1. The van der Waals surface area contributed by atoms with Gasteiger partial charge in [-0.05, 0) is 30.5 Å². The van der Waals surface area contributed by atoms with Gasteiger partial charge in [-0.2, -0.15) is 0 Å². The molecule has 1 aromatic heterocycles. The first-order valence-electron chi connectivity index (χ1n) is 6.38. The Kier molecular flexibility index (Phi) is 3.47. The summed E-state index contributed by atoms with van der Waals surface area (Å²) in [6.45, 7) is 8.38. The molecular weight excluding hydrogens is 236 g/mol. The molecule has 0 atom stereocenters. The Balaban J connectivity index is 2.41. The van der Waals surface area contributed by atoms with E-state index in [1.54, 1.807) is 0 Å². The van der Waals surface area contributed by atoms with Crippen molar-refractivity contribution in [3.63, 3.8) is 0 Å². The normalized spacial score (nSPS) is 11.4. The topological polar surface area (TPSA) is 48.1 Å². The van der Waals surface area contributed by atoms with Crippen molar-refractivity contribution >= 4 is 5.69 Å². The molecule has 0 saturated heterocycles. The third-order valence-corrected chi connectivity index (χ3v) is 2.93. The number of nitrogens with zero attached hydrogens (tertiary/aromatic N) is 1. The summed E-state index contributed by atoms with van der Waals surface area (Å²) in [4.78, 5) is 4.34. The summed E-state index contributed by atoms with van der Waals surface area (Å²) in [6.07, 6.45) is 0. The molecule has 0 bridgehead atoms. The summed E-state index contributed by atoms with van der Waals surface area (Å²) in [5.74, 6) is 1.27. The van der Waals surface area contributed by atoms with Crippen molar-refractivity contribution in [2.45, 2.75) is 33.1 Å². The lowest BCUT2D eigenvalue weighted by molar-refractivity contribution is 0.441. The van der Waals surface area contributed by atoms with E-state index in [2.05, 4.69) is 31.8 Å². The van der Waals surface area contributed by atoms with Crippen LogP contribution in [0.25, 0.3) is 0 Å². The molecule has 3 nitrogen and oxygen atoms in total. The van der Waals surface area contributed by atoms with Crippen LogP contribution in [0.15, 0.2) is 36.4 Å². The first kappa shape index (κ1) is 13.4. The van der Waals surface area contributed by atoms with Crippen LogP contribution in [-0.4, -0.2) is 4.98 Å². The molecular formula is C16H20N2O. The first-order chi connectivity index (χ1) is 8.88. The predicted octanol–water partition coefficient (Wildman–Crippen LogP) is 4.06. The van der Waals surface area contributed by atoms with Crippen molar-refractivity contribution in [3.8, 4) is 11.6 Å². The summed E-state index contributed by atoms with van der Waals surface area (Å²) in [5.41, 5.74) is 8.49. The molecule has 0 saturated carbocycles. The van der Waals surface area contributed by atoms with E-state index in [9.17, 15) is 0 Å². The van der Waals surface area contributed by atoms with Crippen LogP contribution >= 0.6 is 0 Å². The summed E-state index contributed by atoms with van der Waals surface area (Å²) in [5, 5.41) is 0. The number of aromatic nitrogens is 1. The van der Waals surface area contributed by atoms with Gasteiger partial charge in [0.2, 0.25) is 5.88 Å². The lowest BCUT2D eigenvalue weighted by atomic mass is 9.86. The Morgan fingerprint density at radius 2 is 1.74 bits per heavy atom. The van der Waals surface area contributed by atoms with Gasteiger partial charge < -0.3 is 10.5 Å². The second-order valence-electron chi connectivity index (χ2n) is 5.70. The van der Waals surface area contributed by atoms with E-state index in [1.165, 1.54) is 0 Å². The van der Waals surface area contributed by atoms with Crippen molar-refractivity contribution in [1.82, 2.24) is 4.98 Å². The molecule has 0 aliphatic rings. The zero-order valence-electron chi connectivity index (χ0n) is 11.9. The molecule has 0 amide bonds. The molecule has 0 unspecified atom stereocenters. The highest BCUT2D eigenvalue weighted by atomic mass is 16.5. The summed E-state index contributed by atoms with van der Waals surface area (Å²) >= 11 is 0. The molecule has 0 fully saturated rings. The molecule has 19 heavy (non-hydrogen) atoms. The number of nitrogen functional groups attached to an aromatic ring is 1. The highest BCUT2D eigenvalue weighted by Gasteiger charge is 2.19. The highest BCUT2D eigenvalue weighted by molar-refractivity contribution is 5.51. The van der Waals surface area contributed by atoms with Crippen molar-refractivity contribution in [1.29, 1.82) is 0 Å². The quantitative estimate of drug-likeness (QED) is 0.881. The van der Waals surface area contributed by atoms with Crippen molar-refractivity contribution in [2.24, 2.45) is 0 Å². The van der Waals surface area contributed by atoms with Crippen LogP contribution in [0.3, 0.4) is 0 Å². The van der Waals surface area contributed by atoms with Crippen LogP contribution in [-0.2, 0) is 5.41 Å². The average Bonchev–Trinajstić information content (AvgIpc) is 2.33. The number of ether oxygens (including phenoxy) is 1. The van der Waals surface area contributed by atoms with Gasteiger partial charge in [0.25, 0.3) is 0 Å². The number of nitrogens with two attached hydrogens (primary N) is 1. The Morgan fingerprint density at radius 1 is 1.05 bits per heavy atom. The van der Waals surface area contributed by atoms with Gasteiger partial charge in [-0.15, -0.1) is 0 Å². The highest BCUT2D eigenvalue weighted by Crippen LogP contribution is 2.34. The second kappa shape index (κ2) is 4.92. The fraction of sp³-hybridized carbons (Fsp3) is 0.312. The Labute approximate surface area is 114 Å². The van der Waals surface area contributed by atoms with Gasteiger partial charge in [0.15, 0.2) is 0 Å². The van der Waals surface area contributed by atoms with Gasteiger partial charge in [0.05, 0.1) is 5.69 Å². The second-order valence-corrected chi connectivity index (χ2v) is 5.70. The maximum Gasteiger partial charge on any atom is 0.242 e. The molecule has 2 N–H and O–H groups in total. The summed E-state index contributed by atoms with van der Waals surface area (Å²) in [6, 6.07) is 11.7. The Hall–Kier alpha value is -2.03. The number of aryl methyl sites for hydroxylation is 1. The monoisotopic (exact) mass is 256 g/mol. The third-order valence-electron chi connectivity index (χ3n) is 2.93. The van der Waals surface area contributed by atoms with E-state index in [-0.39, 0.29) is 5.41 Å². The van der Waals surface area contributed by atoms with Crippen LogP contribution in [0.4, 0.5) is 5.69 Å². The number of pyridine rings is 1. The summed E-state index contributed by atoms with van der Waals surface area (Å²) < 4.78 is 5.91. The minimum atomic E-state index is 0.00911. The average molecular weight is 256 g/mol. The fourth-order valence-electron chi connectivity index (χ4n) is 1.90. The van der Waals surface area contributed by atoms with Crippen molar-refractivity contribution in [3.05, 3.63) is 47.7 Å². The number of hydrogen-bond donors (Lipinski definition) is 1. The number of hydrogen-bond acceptors (Lipinski definition) is 3. The van der Waals surface area contributed by atoms with E-state index >= 15 is 0 Å². The van der Waals surface area contributed by atoms with Crippen LogP contribution in [0.2, 0.25) is 0 Å². The molecule has 0 radical (unpaired) electrons. The van der Waals surface area contributed by atoms with E-state index in [4.69, 9.17) is 10.5 Å². The molecule has 0 aliphatic heterocycles. The minimum Gasteiger partial charge on any atom is -0.437 e. The Morgan fingerprint density at radius 3 is 2.42 bits per heavy atom. The maximum absolute atomic E-state index is 5.91. The standard InChI is InChI=1S/C16H20N2O/c1-11-9-10-13(17)15(18-11)19-14-8-6-5-7-12(14)16(2,3)4/h5-10H,17H2,1-4H3. The zero-order chi connectivity index (χ0) is 14.0. The number of rotatable bonds is 2. The van der Waals surface area contributed by atoms with Gasteiger partial charge in [-0.25, -0.2) is 4.98 Å². The van der Waals surface area contributed by atoms with E-state index in [0.29, 0.717) is 11.6 Å². The number of para-hydroxylation sites is 1. The van der Waals surface area contributed by atoms with Gasteiger partial charge in [0, 0.05) is 11.3 Å². The first-order valence-corrected chi connectivity index (χ1v) is 6.38. The predicted molar refractivity (Wildman–Crippen MR) is 78.6 cm³/mol. The van der Waals surface area contributed by atoms with Crippen LogP contribution in [0.1, 0.15) is 32.0 Å². The van der Waals surface area contributed by atoms with Crippen molar-refractivity contribution in [2.75, 3.05) is 5.73 Å². The largest absolute Gasteiger partial charge is 0.437 e. The molecule has 100 valence electrons. The van der Waals surface area contributed by atoms with Crippen molar-refractivity contribution < 1.29 is 4.74 Å². The van der Waals surface area contributed by atoms with E-state index in [1.807, 2.05) is 37.3 Å². The van der Waals surface area contributed by atoms with Crippen LogP contribution in [0, 0.1) is 6.92 Å². The van der Waals surface area contributed by atoms with E-state index < -0.39 is 0 Å². The van der Waals surface area contributed by atoms with Gasteiger partial charge >= 0.3 is 0 Å². The molecule has 1 aromatic carbocycles. The van der Waals surface area contributed by atoms with Crippen LogP contribution < -0.4 is 10.5 Å². The van der Waals surface area contributed by atoms with Gasteiger partial charge in [-0.3, -0.25) is 0 Å². The third kappa shape index (κ3) is 3.05. The molecule has 0 spiro atoms. The van der Waals surface area contributed by atoms with Crippen LogP contribution in [0.5, 0.6) is 11.6 Å². The van der Waals surface area contributed by atoms with E-state index in [0.717, 1.165) is 17.0 Å². The fourth-order valence-corrected chi connectivity index (χ4v) is 1.90. The molecule has 0 aliphatic carbocycles. The minimum absolute atomic E-state index is 0.00911. The lowest BCUT2D eigenvalue weighted by Gasteiger charge is -2.22. The smallest absolute Gasteiger partial charge is 0.242 e. The SMILES string of the molecule is Cc1ccc(N)c(Oc2ccccc2C(C)(C)C)n1. The maximum atomic E-state index is 5.91. The molecule has 2 aromatic rings. The molecule has 2 rings (SSSR count). The van der Waals surface area contributed by atoms with Gasteiger partial charge in [-0.1, -0.05) is 39.0 Å². The van der Waals surface area contributed by atoms with Gasteiger partial charge in [0.1, 0.15) is 5.75 Å².